The molecule has 16 heavy (non-hydrogen) atoms. The molecular formula is C11H17N3O2. The SMILES string of the molecule is Nc1nc(C(=O)NC2CCCCCC2)co1. The van der Waals surface area contributed by atoms with E-state index in [1.807, 2.05) is 0 Å². The van der Waals surface area contributed by atoms with Gasteiger partial charge in [0.1, 0.15) is 6.26 Å². The molecule has 1 aromatic rings. The molecule has 1 aliphatic rings. The molecule has 0 bridgehead atoms. The third kappa shape index (κ3) is 2.74. The first kappa shape index (κ1) is 11.0. The lowest BCUT2D eigenvalue weighted by Gasteiger charge is -2.14. The zero-order chi connectivity index (χ0) is 11.4. The van der Waals surface area contributed by atoms with Crippen molar-refractivity contribution in [2.75, 3.05) is 5.73 Å². The van der Waals surface area contributed by atoms with Crippen molar-refractivity contribution in [3.63, 3.8) is 0 Å². The monoisotopic (exact) mass is 223 g/mol. The van der Waals surface area contributed by atoms with Gasteiger partial charge in [-0.2, -0.15) is 4.98 Å². The molecule has 1 amide bonds. The molecular weight excluding hydrogens is 206 g/mol. The van der Waals surface area contributed by atoms with Gasteiger partial charge in [-0.15, -0.1) is 0 Å². The minimum Gasteiger partial charge on any atom is -0.431 e. The topological polar surface area (TPSA) is 81.1 Å². The zero-order valence-corrected chi connectivity index (χ0v) is 9.24. The zero-order valence-electron chi connectivity index (χ0n) is 9.24. The number of aromatic nitrogens is 1. The number of nitrogens with two attached hydrogens (primary N) is 1. The van der Waals surface area contributed by atoms with Crippen molar-refractivity contribution in [2.45, 2.75) is 44.6 Å². The van der Waals surface area contributed by atoms with Crippen LogP contribution < -0.4 is 11.1 Å². The molecule has 1 aliphatic carbocycles. The second-order valence-electron chi connectivity index (χ2n) is 4.23. The van der Waals surface area contributed by atoms with Crippen LogP contribution in [0, 0.1) is 0 Å². The van der Waals surface area contributed by atoms with Crippen LogP contribution in [0.4, 0.5) is 6.01 Å². The lowest BCUT2D eigenvalue weighted by molar-refractivity contribution is 0.0928. The largest absolute Gasteiger partial charge is 0.431 e. The molecule has 0 radical (unpaired) electrons. The minimum atomic E-state index is -0.188. The standard InChI is InChI=1S/C11H17N3O2/c12-11-14-9(7-16-11)10(15)13-8-5-3-1-2-4-6-8/h7-8H,1-6H2,(H2,12,14)(H,13,15). The predicted molar refractivity (Wildman–Crippen MR) is 59.9 cm³/mol. The maximum absolute atomic E-state index is 11.7. The summed E-state index contributed by atoms with van der Waals surface area (Å²) in [4.78, 5) is 15.5. The highest BCUT2D eigenvalue weighted by atomic mass is 16.4. The van der Waals surface area contributed by atoms with E-state index < -0.39 is 0 Å². The molecule has 2 rings (SSSR count). The van der Waals surface area contributed by atoms with E-state index in [1.165, 1.54) is 31.9 Å². The Labute approximate surface area is 94.4 Å². The van der Waals surface area contributed by atoms with Crippen molar-refractivity contribution in [1.82, 2.24) is 10.3 Å². The van der Waals surface area contributed by atoms with E-state index in [9.17, 15) is 4.79 Å². The molecule has 0 aliphatic heterocycles. The molecule has 5 heteroatoms. The number of hydrogen-bond acceptors (Lipinski definition) is 4. The molecule has 5 nitrogen and oxygen atoms in total. The summed E-state index contributed by atoms with van der Waals surface area (Å²) in [6.07, 6.45) is 8.31. The third-order valence-electron chi connectivity index (χ3n) is 2.94. The van der Waals surface area contributed by atoms with Crippen molar-refractivity contribution in [3.8, 4) is 0 Å². The molecule has 0 aromatic carbocycles. The fourth-order valence-corrected chi connectivity index (χ4v) is 2.07. The molecule has 0 atom stereocenters. The number of nitrogens with one attached hydrogen (secondary N) is 1. The van der Waals surface area contributed by atoms with Gasteiger partial charge in [0.05, 0.1) is 0 Å². The van der Waals surface area contributed by atoms with Crippen LogP contribution in [0.5, 0.6) is 0 Å². The van der Waals surface area contributed by atoms with Gasteiger partial charge in [-0.25, -0.2) is 0 Å². The molecule has 1 fully saturated rings. The van der Waals surface area contributed by atoms with Gasteiger partial charge in [-0.3, -0.25) is 4.79 Å². The summed E-state index contributed by atoms with van der Waals surface area (Å²) in [7, 11) is 0. The highest BCUT2D eigenvalue weighted by Crippen LogP contribution is 2.17. The van der Waals surface area contributed by atoms with Crippen LogP contribution in [0.1, 0.15) is 49.0 Å². The summed E-state index contributed by atoms with van der Waals surface area (Å²) in [5.74, 6) is -0.188. The number of nitrogens with zero attached hydrogens (tertiary/aromatic N) is 1. The Morgan fingerprint density at radius 2 is 2.06 bits per heavy atom. The number of amides is 1. The number of anilines is 1. The van der Waals surface area contributed by atoms with Gasteiger partial charge in [-0.1, -0.05) is 25.7 Å². The summed E-state index contributed by atoms with van der Waals surface area (Å²) in [5, 5.41) is 2.97. The smallest absolute Gasteiger partial charge is 0.292 e. The Morgan fingerprint density at radius 3 is 2.62 bits per heavy atom. The lowest BCUT2D eigenvalue weighted by atomic mass is 10.1. The van der Waals surface area contributed by atoms with E-state index in [0.29, 0.717) is 0 Å². The van der Waals surface area contributed by atoms with Gasteiger partial charge in [-0.05, 0) is 12.8 Å². The normalized spacial score (nSPS) is 18.0. The second kappa shape index (κ2) is 5.01. The highest BCUT2D eigenvalue weighted by Gasteiger charge is 2.17. The Bertz CT molecular complexity index is 354. The summed E-state index contributed by atoms with van der Waals surface area (Å²) >= 11 is 0. The Kier molecular flexibility index (Phi) is 3.44. The average Bonchev–Trinajstić information content (AvgIpc) is 2.54. The minimum absolute atomic E-state index is 0.0333. The average molecular weight is 223 g/mol. The van der Waals surface area contributed by atoms with E-state index in [4.69, 9.17) is 10.2 Å². The number of nitrogen functional groups attached to an aromatic ring is 1. The van der Waals surface area contributed by atoms with E-state index in [0.717, 1.165) is 12.8 Å². The molecule has 0 unspecified atom stereocenters. The molecule has 0 spiro atoms. The van der Waals surface area contributed by atoms with Crippen LogP contribution in [-0.2, 0) is 0 Å². The van der Waals surface area contributed by atoms with Crippen LogP contribution >= 0.6 is 0 Å². The van der Waals surface area contributed by atoms with Gasteiger partial charge in [0.15, 0.2) is 5.69 Å². The fraction of sp³-hybridized carbons (Fsp3) is 0.636. The van der Waals surface area contributed by atoms with Gasteiger partial charge in [0.25, 0.3) is 11.9 Å². The third-order valence-corrected chi connectivity index (χ3v) is 2.94. The second-order valence-corrected chi connectivity index (χ2v) is 4.23. The molecule has 1 saturated carbocycles. The lowest BCUT2D eigenvalue weighted by Crippen LogP contribution is -2.34. The first-order chi connectivity index (χ1) is 7.75. The number of hydrogen-bond donors (Lipinski definition) is 2. The first-order valence-corrected chi connectivity index (χ1v) is 5.77. The molecule has 3 N–H and O–H groups in total. The van der Waals surface area contributed by atoms with Gasteiger partial charge >= 0.3 is 0 Å². The molecule has 0 saturated heterocycles. The molecule has 88 valence electrons. The highest BCUT2D eigenvalue weighted by molar-refractivity contribution is 5.92. The van der Waals surface area contributed by atoms with Crippen molar-refractivity contribution in [3.05, 3.63) is 12.0 Å². The van der Waals surface area contributed by atoms with E-state index in [1.54, 1.807) is 0 Å². The molecule has 1 heterocycles. The summed E-state index contributed by atoms with van der Waals surface area (Å²) in [5.41, 5.74) is 5.58. The van der Waals surface area contributed by atoms with Crippen LogP contribution in [0.25, 0.3) is 0 Å². The number of oxazole rings is 1. The van der Waals surface area contributed by atoms with Crippen molar-refractivity contribution in [2.24, 2.45) is 0 Å². The van der Waals surface area contributed by atoms with Crippen LogP contribution in [0.15, 0.2) is 10.7 Å². The Balaban J connectivity index is 1.90. The number of carbonyl (C=O) groups excluding carboxylic acids is 1. The van der Waals surface area contributed by atoms with Crippen LogP contribution in [-0.4, -0.2) is 16.9 Å². The number of rotatable bonds is 2. The summed E-state index contributed by atoms with van der Waals surface area (Å²) < 4.78 is 4.81. The Morgan fingerprint density at radius 1 is 1.38 bits per heavy atom. The van der Waals surface area contributed by atoms with Crippen molar-refractivity contribution >= 4 is 11.9 Å². The van der Waals surface area contributed by atoms with E-state index in [-0.39, 0.29) is 23.7 Å². The summed E-state index contributed by atoms with van der Waals surface area (Å²) in [6.45, 7) is 0. The van der Waals surface area contributed by atoms with E-state index in [2.05, 4.69) is 10.3 Å². The van der Waals surface area contributed by atoms with Gasteiger partial charge in [0, 0.05) is 6.04 Å². The van der Waals surface area contributed by atoms with E-state index >= 15 is 0 Å². The molecule has 1 aromatic heterocycles. The van der Waals surface area contributed by atoms with Gasteiger partial charge in [0.2, 0.25) is 0 Å². The predicted octanol–water partition coefficient (Wildman–Crippen LogP) is 1.71. The van der Waals surface area contributed by atoms with Gasteiger partial charge < -0.3 is 15.5 Å². The fourth-order valence-electron chi connectivity index (χ4n) is 2.07. The van der Waals surface area contributed by atoms with Crippen molar-refractivity contribution in [1.29, 1.82) is 0 Å². The quantitative estimate of drug-likeness (QED) is 0.748. The van der Waals surface area contributed by atoms with Crippen LogP contribution in [0.2, 0.25) is 0 Å². The van der Waals surface area contributed by atoms with Crippen LogP contribution in [0.3, 0.4) is 0 Å². The first-order valence-electron chi connectivity index (χ1n) is 5.77. The maximum atomic E-state index is 11.7. The van der Waals surface area contributed by atoms with Crippen molar-refractivity contribution < 1.29 is 9.21 Å². The Hall–Kier alpha value is -1.52. The number of carbonyl (C=O) groups is 1. The maximum Gasteiger partial charge on any atom is 0.292 e. The summed E-state index contributed by atoms with van der Waals surface area (Å²) in [6, 6.07) is 0.305.